The van der Waals surface area contributed by atoms with Crippen molar-refractivity contribution in [2.45, 2.75) is 25.2 Å². The van der Waals surface area contributed by atoms with Crippen LogP contribution in [0.5, 0.6) is 0 Å². The van der Waals surface area contributed by atoms with E-state index in [0.29, 0.717) is 31.5 Å². The van der Waals surface area contributed by atoms with Crippen LogP contribution in [-0.4, -0.2) is 39.8 Å². The van der Waals surface area contributed by atoms with E-state index in [9.17, 15) is 9.59 Å². The maximum absolute atomic E-state index is 13.3. The van der Waals surface area contributed by atoms with E-state index in [1.165, 1.54) is 5.56 Å². The van der Waals surface area contributed by atoms with Crippen LogP contribution in [0.2, 0.25) is 0 Å². The van der Waals surface area contributed by atoms with Crippen LogP contribution in [0.4, 0.5) is 0 Å². The number of pyridine rings is 2. The lowest BCUT2D eigenvalue weighted by atomic mass is 9.85. The molecular weight excluding hydrogens is 460 g/mol. The molecule has 0 spiro atoms. The summed E-state index contributed by atoms with van der Waals surface area (Å²) in [5, 5.41) is 0. The number of nitrogens with zero attached hydrogens (tertiary/aromatic N) is 3. The molecule has 0 radical (unpaired) electrons. The molecule has 2 amide bonds. The normalized spacial score (nSPS) is 14.0. The van der Waals surface area contributed by atoms with Crippen molar-refractivity contribution in [2.75, 3.05) is 13.1 Å². The van der Waals surface area contributed by atoms with E-state index in [-0.39, 0.29) is 23.7 Å². The van der Waals surface area contributed by atoms with E-state index in [1.807, 2.05) is 53.7 Å². The molecule has 1 fully saturated rings. The van der Waals surface area contributed by atoms with Crippen molar-refractivity contribution in [3.05, 3.63) is 120 Å². The number of likely N-dealkylation sites (tertiary alicyclic amines) is 1. The Kier molecular flexibility index (Phi) is 7.36. The van der Waals surface area contributed by atoms with Gasteiger partial charge in [-0.1, -0.05) is 48.5 Å². The fourth-order valence-corrected chi connectivity index (χ4v) is 5.16. The maximum atomic E-state index is 13.3. The van der Waals surface area contributed by atoms with Crippen LogP contribution in [0, 0.1) is 5.92 Å². The van der Waals surface area contributed by atoms with Crippen LogP contribution in [0.25, 0.3) is 11.1 Å². The first-order valence-electron chi connectivity index (χ1n) is 12.7. The highest BCUT2D eigenvalue weighted by atomic mass is 16.2. The highest BCUT2D eigenvalue weighted by molar-refractivity contribution is 5.95. The van der Waals surface area contributed by atoms with E-state index >= 15 is 0 Å². The Hall–Kier alpha value is -4.32. The van der Waals surface area contributed by atoms with E-state index in [0.717, 1.165) is 28.7 Å². The van der Waals surface area contributed by atoms with Gasteiger partial charge in [-0.15, -0.1) is 0 Å². The molecule has 0 aliphatic carbocycles. The standard InChI is InChI=1S/C31H30N4O2/c32-30(36)22-12-16-35(17-13-22)31(37)25-8-3-7-23(18-25)28-11-2-1-6-24(28)19-29(26-9-4-14-33-20-26)27-10-5-15-34-21-27/h1-11,14-15,18,20-22,29H,12-13,16-17,19H2,(H2,32,36). The molecule has 186 valence electrons. The number of rotatable bonds is 7. The maximum Gasteiger partial charge on any atom is 0.253 e. The predicted octanol–water partition coefficient (Wildman–Crippen LogP) is 4.86. The van der Waals surface area contributed by atoms with Gasteiger partial charge in [0.1, 0.15) is 0 Å². The molecule has 0 unspecified atom stereocenters. The molecule has 3 heterocycles. The molecule has 2 aromatic carbocycles. The van der Waals surface area contributed by atoms with E-state index in [2.05, 4.69) is 46.4 Å². The zero-order chi connectivity index (χ0) is 25.6. The largest absolute Gasteiger partial charge is 0.369 e. The molecule has 6 nitrogen and oxygen atoms in total. The summed E-state index contributed by atoms with van der Waals surface area (Å²) in [6.45, 7) is 1.09. The first-order valence-corrected chi connectivity index (χ1v) is 12.7. The highest BCUT2D eigenvalue weighted by Crippen LogP contribution is 2.33. The monoisotopic (exact) mass is 490 g/mol. The third-order valence-corrected chi connectivity index (χ3v) is 7.22. The second-order valence-corrected chi connectivity index (χ2v) is 9.54. The van der Waals surface area contributed by atoms with Crippen molar-refractivity contribution < 1.29 is 9.59 Å². The zero-order valence-corrected chi connectivity index (χ0v) is 20.7. The summed E-state index contributed by atoms with van der Waals surface area (Å²) >= 11 is 0. The Morgan fingerprint density at radius 1 is 0.865 bits per heavy atom. The summed E-state index contributed by atoms with van der Waals surface area (Å²) in [5.74, 6) is -0.331. The average molecular weight is 491 g/mol. The number of aromatic nitrogens is 2. The molecule has 1 saturated heterocycles. The fourth-order valence-electron chi connectivity index (χ4n) is 5.16. The van der Waals surface area contributed by atoms with Gasteiger partial charge in [-0.25, -0.2) is 0 Å². The smallest absolute Gasteiger partial charge is 0.253 e. The lowest BCUT2D eigenvalue weighted by Crippen LogP contribution is -2.41. The number of primary amides is 1. The molecule has 2 aromatic heterocycles. The molecule has 0 saturated carbocycles. The lowest BCUT2D eigenvalue weighted by molar-refractivity contribution is -0.123. The quantitative estimate of drug-likeness (QED) is 0.401. The van der Waals surface area contributed by atoms with Crippen LogP contribution in [0.15, 0.2) is 97.6 Å². The number of carbonyl (C=O) groups excluding carboxylic acids is 2. The fraction of sp³-hybridized carbons (Fsp3) is 0.226. The molecule has 0 atom stereocenters. The molecule has 6 heteroatoms. The van der Waals surface area contributed by atoms with Gasteiger partial charge in [0.05, 0.1) is 0 Å². The van der Waals surface area contributed by atoms with Crippen molar-refractivity contribution >= 4 is 11.8 Å². The third-order valence-electron chi connectivity index (χ3n) is 7.22. The number of benzene rings is 2. The Balaban J connectivity index is 1.43. The van der Waals surface area contributed by atoms with E-state index in [1.54, 1.807) is 12.4 Å². The number of amides is 2. The Morgan fingerprint density at radius 3 is 2.16 bits per heavy atom. The number of nitrogens with two attached hydrogens (primary N) is 1. The first kappa shape index (κ1) is 24.4. The van der Waals surface area contributed by atoms with Crippen LogP contribution >= 0.6 is 0 Å². The van der Waals surface area contributed by atoms with Crippen molar-refractivity contribution in [1.29, 1.82) is 0 Å². The second kappa shape index (κ2) is 11.2. The van der Waals surface area contributed by atoms with Gasteiger partial charge in [-0.3, -0.25) is 19.6 Å². The van der Waals surface area contributed by atoms with Crippen molar-refractivity contribution in [1.82, 2.24) is 14.9 Å². The molecule has 2 N–H and O–H groups in total. The minimum atomic E-state index is -0.276. The predicted molar refractivity (Wildman–Crippen MR) is 144 cm³/mol. The number of hydrogen-bond acceptors (Lipinski definition) is 4. The van der Waals surface area contributed by atoms with Gasteiger partial charge in [-0.2, -0.15) is 0 Å². The van der Waals surface area contributed by atoms with Crippen molar-refractivity contribution in [2.24, 2.45) is 11.7 Å². The molecular formula is C31H30N4O2. The van der Waals surface area contributed by atoms with Gasteiger partial charge < -0.3 is 10.6 Å². The van der Waals surface area contributed by atoms with Crippen LogP contribution in [-0.2, 0) is 11.2 Å². The van der Waals surface area contributed by atoms with Crippen LogP contribution < -0.4 is 5.73 Å². The van der Waals surface area contributed by atoms with E-state index in [4.69, 9.17) is 5.73 Å². The van der Waals surface area contributed by atoms with Gasteiger partial charge >= 0.3 is 0 Å². The summed E-state index contributed by atoms with van der Waals surface area (Å²) in [6.07, 6.45) is 9.42. The first-order chi connectivity index (χ1) is 18.1. The van der Waals surface area contributed by atoms with Gasteiger partial charge in [0.2, 0.25) is 5.91 Å². The van der Waals surface area contributed by atoms with Gasteiger partial charge in [0.15, 0.2) is 0 Å². The van der Waals surface area contributed by atoms with Gasteiger partial charge in [0.25, 0.3) is 5.91 Å². The summed E-state index contributed by atoms with van der Waals surface area (Å²) in [6, 6.07) is 24.3. The number of carbonyl (C=O) groups is 2. The molecule has 1 aliphatic rings. The SMILES string of the molecule is NC(=O)C1CCN(C(=O)c2cccc(-c3ccccc3CC(c3cccnc3)c3cccnc3)c2)CC1. The van der Waals surface area contributed by atoms with Crippen molar-refractivity contribution in [3.8, 4) is 11.1 Å². The zero-order valence-electron chi connectivity index (χ0n) is 20.7. The summed E-state index contributed by atoms with van der Waals surface area (Å²) in [4.78, 5) is 35.3. The van der Waals surface area contributed by atoms with E-state index < -0.39 is 0 Å². The third kappa shape index (κ3) is 5.59. The highest BCUT2D eigenvalue weighted by Gasteiger charge is 2.26. The average Bonchev–Trinajstić information content (AvgIpc) is 2.97. The molecule has 0 bridgehead atoms. The number of piperidine rings is 1. The topological polar surface area (TPSA) is 89.2 Å². The minimum absolute atomic E-state index is 0.00847. The van der Waals surface area contributed by atoms with Gasteiger partial charge in [0, 0.05) is 55.3 Å². The molecule has 37 heavy (non-hydrogen) atoms. The Bertz CT molecular complexity index is 1330. The molecule has 1 aliphatic heterocycles. The lowest BCUT2D eigenvalue weighted by Gasteiger charge is -2.30. The number of hydrogen-bond donors (Lipinski definition) is 1. The minimum Gasteiger partial charge on any atom is -0.369 e. The second-order valence-electron chi connectivity index (χ2n) is 9.54. The van der Waals surface area contributed by atoms with Crippen molar-refractivity contribution in [3.63, 3.8) is 0 Å². The Labute approximate surface area is 217 Å². The molecule has 4 aromatic rings. The Morgan fingerprint density at radius 2 is 1.54 bits per heavy atom. The molecule has 5 rings (SSSR count). The van der Waals surface area contributed by atoms with Crippen LogP contribution in [0.3, 0.4) is 0 Å². The van der Waals surface area contributed by atoms with Gasteiger partial charge in [-0.05, 0) is 71.3 Å². The summed E-state index contributed by atoms with van der Waals surface area (Å²) in [5.41, 5.74) is 11.7. The summed E-state index contributed by atoms with van der Waals surface area (Å²) < 4.78 is 0. The van der Waals surface area contributed by atoms with Crippen LogP contribution in [0.1, 0.15) is 45.8 Å². The summed E-state index contributed by atoms with van der Waals surface area (Å²) in [7, 11) is 0.